The molecule has 0 aromatic heterocycles. The van der Waals surface area contributed by atoms with Gasteiger partial charge in [0.1, 0.15) is 12.4 Å². The number of nitrogens with one attached hydrogen (secondary N) is 1. The molecule has 100 valence electrons. The first-order valence-corrected chi connectivity index (χ1v) is 6.13. The van der Waals surface area contributed by atoms with Crippen LogP contribution in [0.5, 0.6) is 5.75 Å². The van der Waals surface area contributed by atoms with E-state index in [1.165, 1.54) is 0 Å². The normalized spacial score (nSPS) is 10.4. The summed E-state index contributed by atoms with van der Waals surface area (Å²) in [5.41, 5.74) is 1.14. The third-order valence-electron chi connectivity index (χ3n) is 2.46. The number of hydrogen-bond acceptors (Lipinski definition) is 4. The molecule has 0 saturated carbocycles. The van der Waals surface area contributed by atoms with Crippen molar-refractivity contribution in [2.75, 3.05) is 20.3 Å². The van der Waals surface area contributed by atoms with Gasteiger partial charge in [0.05, 0.1) is 13.0 Å². The highest BCUT2D eigenvalue weighted by Crippen LogP contribution is 2.11. The SMILES string of the molecule is COc1cccc(CNCCOC(=O)C(C)C)c1. The number of methoxy groups -OCH3 is 1. The average molecular weight is 251 g/mol. The van der Waals surface area contributed by atoms with Crippen LogP contribution >= 0.6 is 0 Å². The molecule has 0 atom stereocenters. The smallest absolute Gasteiger partial charge is 0.308 e. The van der Waals surface area contributed by atoms with E-state index in [2.05, 4.69) is 5.32 Å². The van der Waals surface area contributed by atoms with Gasteiger partial charge in [0.15, 0.2) is 0 Å². The molecule has 1 aromatic carbocycles. The summed E-state index contributed by atoms with van der Waals surface area (Å²) in [7, 11) is 1.65. The number of carbonyl (C=O) groups is 1. The molecule has 1 N–H and O–H groups in total. The van der Waals surface area contributed by atoms with Crippen molar-refractivity contribution in [1.29, 1.82) is 0 Å². The first-order chi connectivity index (χ1) is 8.63. The average Bonchev–Trinajstić information content (AvgIpc) is 2.38. The Morgan fingerprint density at radius 3 is 2.83 bits per heavy atom. The molecule has 0 bridgehead atoms. The van der Waals surface area contributed by atoms with Crippen LogP contribution in [0.25, 0.3) is 0 Å². The summed E-state index contributed by atoms with van der Waals surface area (Å²) >= 11 is 0. The van der Waals surface area contributed by atoms with Crippen molar-refractivity contribution in [3.05, 3.63) is 29.8 Å². The second-order valence-corrected chi connectivity index (χ2v) is 4.35. The summed E-state index contributed by atoms with van der Waals surface area (Å²) in [4.78, 5) is 11.2. The maximum absolute atomic E-state index is 11.2. The molecule has 1 rings (SSSR count). The van der Waals surface area contributed by atoms with E-state index in [-0.39, 0.29) is 11.9 Å². The maximum atomic E-state index is 11.2. The molecule has 0 unspecified atom stereocenters. The molecule has 0 amide bonds. The second-order valence-electron chi connectivity index (χ2n) is 4.35. The highest BCUT2D eigenvalue weighted by Gasteiger charge is 2.06. The maximum Gasteiger partial charge on any atom is 0.308 e. The summed E-state index contributed by atoms with van der Waals surface area (Å²) in [6.07, 6.45) is 0. The van der Waals surface area contributed by atoms with Gasteiger partial charge in [-0.15, -0.1) is 0 Å². The van der Waals surface area contributed by atoms with Crippen molar-refractivity contribution in [2.45, 2.75) is 20.4 Å². The predicted molar refractivity (Wildman–Crippen MR) is 70.5 cm³/mol. The van der Waals surface area contributed by atoms with Crippen molar-refractivity contribution in [3.8, 4) is 5.75 Å². The lowest BCUT2D eigenvalue weighted by Gasteiger charge is -2.08. The molecule has 18 heavy (non-hydrogen) atoms. The standard InChI is InChI=1S/C14H21NO3/c1-11(2)14(16)18-8-7-15-10-12-5-4-6-13(9-12)17-3/h4-6,9,11,15H,7-8,10H2,1-3H3. The fourth-order valence-electron chi connectivity index (χ4n) is 1.41. The summed E-state index contributed by atoms with van der Waals surface area (Å²) in [5, 5.41) is 3.21. The molecule has 0 spiro atoms. The molecular formula is C14H21NO3. The van der Waals surface area contributed by atoms with Crippen LogP contribution in [0, 0.1) is 5.92 Å². The Labute approximate surface area is 108 Å². The fourth-order valence-corrected chi connectivity index (χ4v) is 1.41. The van der Waals surface area contributed by atoms with Crippen LogP contribution in [0.4, 0.5) is 0 Å². The zero-order chi connectivity index (χ0) is 13.4. The van der Waals surface area contributed by atoms with E-state index in [1.54, 1.807) is 7.11 Å². The molecule has 4 heteroatoms. The number of esters is 1. The zero-order valence-electron chi connectivity index (χ0n) is 11.2. The van der Waals surface area contributed by atoms with Crippen molar-refractivity contribution < 1.29 is 14.3 Å². The van der Waals surface area contributed by atoms with Crippen LogP contribution < -0.4 is 10.1 Å². The molecule has 0 aliphatic rings. The lowest BCUT2D eigenvalue weighted by molar-refractivity contribution is -0.147. The van der Waals surface area contributed by atoms with E-state index in [4.69, 9.17) is 9.47 Å². The van der Waals surface area contributed by atoms with Crippen molar-refractivity contribution in [2.24, 2.45) is 5.92 Å². The van der Waals surface area contributed by atoms with Gasteiger partial charge in [0, 0.05) is 13.1 Å². The van der Waals surface area contributed by atoms with Gasteiger partial charge in [-0.3, -0.25) is 4.79 Å². The number of rotatable bonds is 7. The van der Waals surface area contributed by atoms with Crippen LogP contribution in [0.1, 0.15) is 19.4 Å². The van der Waals surface area contributed by atoms with Gasteiger partial charge in [-0.05, 0) is 17.7 Å². The van der Waals surface area contributed by atoms with Crippen molar-refractivity contribution in [3.63, 3.8) is 0 Å². The van der Waals surface area contributed by atoms with Gasteiger partial charge in [-0.1, -0.05) is 26.0 Å². The van der Waals surface area contributed by atoms with E-state index in [0.717, 1.165) is 17.9 Å². The van der Waals surface area contributed by atoms with Crippen LogP contribution in [-0.4, -0.2) is 26.2 Å². The fraction of sp³-hybridized carbons (Fsp3) is 0.500. The highest BCUT2D eigenvalue weighted by molar-refractivity contribution is 5.71. The van der Waals surface area contributed by atoms with Crippen molar-refractivity contribution >= 4 is 5.97 Å². The molecule has 1 aromatic rings. The number of hydrogen-bond donors (Lipinski definition) is 1. The Morgan fingerprint density at radius 2 is 2.17 bits per heavy atom. The topological polar surface area (TPSA) is 47.6 Å². The Bertz CT molecular complexity index is 377. The third kappa shape index (κ3) is 5.19. The lowest BCUT2D eigenvalue weighted by atomic mass is 10.2. The zero-order valence-corrected chi connectivity index (χ0v) is 11.2. The third-order valence-corrected chi connectivity index (χ3v) is 2.46. The van der Waals surface area contributed by atoms with E-state index >= 15 is 0 Å². The molecule has 4 nitrogen and oxygen atoms in total. The van der Waals surface area contributed by atoms with Gasteiger partial charge >= 0.3 is 5.97 Å². The van der Waals surface area contributed by atoms with E-state index in [1.807, 2.05) is 38.1 Å². The lowest BCUT2D eigenvalue weighted by Crippen LogP contribution is -2.22. The quantitative estimate of drug-likeness (QED) is 0.594. The van der Waals surface area contributed by atoms with Crippen LogP contribution in [-0.2, 0) is 16.1 Å². The Morgan fingerprint density at radius 1 is 1.39 bits per heavy atom. The first kappa shape index (κ1) is 14.5. The van der Waals surface area contributed by atoms with Gasteiger partial charge in [0.25, 0.3) is 0 Å². The first-order valence-electron chi connectivity index (χ1n) is 6.13. The second kappa shape index (κ2) is 7.71. The Kier molecular flexibility index (Phi) is 6.22. The number of carbonyl (C=O) groups excluding carboxylic acids is 1. The minimum atomic E-state index is -0.154. The molecule has 0 aliphatic carbocycles. The van der Waals surface area contributed by atoms with E-state index in [9.17, 15) is 4.79 Å². The van der Waals surface area contributed by atoms with Gasteiger partial charge < -0.3 is 14.8 Å². The number of benzene rings is 1. The van der Waals surface area contributed by atoms with E-state index in [0.29, 0.717) is 13.2 Å². The molecule has 0 fully saturated rings. The summed E-state index contributed by atoms with van der Waals surface area (Å²) in [5.74, 6) is 0.627. The molecule has 0 radical (unpaired) electrons. The summed E-state index contributed by atoms with van der Waals surface area (Å²) in [6, 6.07) is 7.87. The van der Waals surface area contributed by atoms with Gasteiger partial charge in [-0.25, -0.2) is 0 Å². The minimum Gasteiger partial charge on any atom is -0.497 e. The molecule has 0 aliphatic heterocycles. The Balaban J connectivity index is 2.19. The monoisotopic (exact) mass is 251 g/mol. The highest BCUT2D eigenvalue weighted by atomic mass is 16.5. The minimum absolute atomic E-state index is 0.0663. The predicted octanol–water partition coefficient (Wildman–Crippen LogP) is 1.98. The van der Waals surface area contributed by atoms with Crippen molar-refractivity contribution in [1.82, 2.24) is 5.32 Å². The Hall–Kier alpha value is -1.55. The van der Waals surface area contributed by atoms with Gasteiger partial charge in [-0.2, -0.15) is 0 Å². The van der Waals surface area contributed by atoms with Gasteiger partial charge in [0.2, 0.25) is 0 Å². The van der Waals surface area contributed by atoms with E-state index < -0.39 is 0 Å². The number of ether oxygens (including phenoxy) is 2. The largest absolute Gasteiger partial charge is 0.497 e. The van der Waals surface area contributed by atoms with Crippen LogP contribution in [0.15, 0.2) is 24.3 Å². The van der Waals surface area contributed by atoms with Crippen LogP contribution in [0.3, 0.4) is 0 Å². The summed E-state index contributed by atoms with van der Waals surface area (Å²) in [6.45, 7) is 5.44. The molecular weight excluding hydrogens is 230 g/mol. The molecule has 0 heterocycles. The summed E-state index contributed by atoms with van der Waals surface area (Å²) < 4.78 is 10.2. The van der Waals surface area contributed by atoms with Crippen LogP contribution in [0.2, 0.25) is 0 Å². The molecule has 0 saturated heterocycles.